The summed E-state index contributed by atoms with van der Waals surface area (Å²) in [6.07, 6.45) is 1.96. The van der Waals surface area contributed by atoms with Crippen LogP contribution in [0, 0.1) is 0 Å². The summed E-state index contributed by atoms with van der Waals surface area (Å²) < 4.78 is 9.47. The van der Waals surface area contributed by atoms with Crippen LogP contribution in [-0.2, 0) is 19.1 Å². The fourth-order valence-electron chi connectivity index (χ4n) is 0.766. The largest absolute Gasteiger partial charge is 0.425 e. The van der Waals surface area contributed by atoms with E-state index in [1.165, 1.54) is 13.8 Å². The molecular formula is C9H14O4. The zero-order valence-corrected chi connectivity index (χ0v) is 7.91. The predicted octanol–water partition coefficient (Wildman–Crippen LogP) is 1.40. The normalized spacial score (nSPS) is 9.46. The minimum absolute atomic E-state index is 0.447. The molecule has 13 heavy (non-hydrogen) atoms. The van der Waals surface area contributed by atoms with E-state index < -0.39 is 18.2 Å². The van der Waals surface area contributed by atoms with Crippen molar-refractivity contribution in [2.75, 3.05) is 0 Å². The molecule has 0 unspecified atom stereocenters. The second-order valence-corrected chi connectivity index (χ2v) is 2.51. The Morgan fingerprint density at radius 1 is 1.31 bits per heavy atom. The maximum absolute atomic E-state index is 10.6. The van der Waals surface area contributed by atoms with Crippen molar-refractivity contribution in [3.05, 3.63) is 12.7 Å². The number of hydrogen-bond donors (Lipinski definition) is 0. The van der Waals surface area contributed by atoms with Crippen molar-refractivity contribution < 1.29 is 19.1 Å². The molecule has 0 atom stereocenters. The summed E-state index contributed by atoms with van der Waals surface area (Å²) in [5.74, 6) is -0.925. The van der Waals surface area contributed by atoms with Gasteiger partial charge in [-0.1, -0.05) is 6.08 Å². The number of esters is 2. The highest BCUT2D eigenvalue weighted by Crippen LogP contribution is 2.05. The van der Waals surface area contributed by atoms with E-state index in [2.05, 4.69) is 6.58 Å². The van der Waals surface area contributed by atoms with E-state index in [0.29, 0.717) is 12.8 Å². The van der Waals surface area contributed by atoms with Crippen molar-refractivity contribution >= 4 is 11.9 Å². The monoisotopic (exact) mass is 186 g/mol. The fraction of sp³-hybridized carbons (Fsp3) is 0.556. The first-order chi connectivity index (χ1) is 6.06. The lowest BCUT2D eigenvalue weighted by Gasteiger charge is -2.15. The first-order valence-electron chi connectivity index (χ1n) is 4.01. The number of ether oxygens (including phenoxy) is 2. The van der Waals surface area contributed by atoms with Gasteiger partial charge in [0.1, 0.15) is 0 Å². The summed E-state index contributed by atoms with van der Waals surface area (Å²) in [7, 11) is 0. The summed E-state index contributed by atoms with van der Waals surface area (Å²) in [4.78, 5) is 21.1. The van der Waals surface area contributed by atoms with Crippen LogP contribution in [0.2, 0.25) is 0 Å². The Bertz CT molecular complexity index is 182. The highest BCUT2D eigenvalue weighted by molar-refractivity contribution is 5.68. The van der Waals surface area contributed by atoms with Crippen molar-refractivity contribution in [1.82, 2.24) is 0 Å². The van der Waals surface area contributed by atoms with Gasteiger partial charge in [-0.2, -0.15) is 0 Å². The summed E-state index contributed by atoms with van der Waals surface area (Å²) in [5, 5.41) is 0. The molecule has 0 saturated heterocycles. The second kappa shape index (κ2) is 6.22. The van der Waals surface area contributed by atoms with Crippen molar-refractivity contribution in [3.8, 4) is 0 Å². The van der Waals surface area contributed by atoms with Gasteiger partial charge in [0.2, 0.25) is 6.29 Å². The van der Waals surface area contributed by atoms with Gasteiger partial charge < -0.3 is 9.47 Å². The van der Waals surface area contributed by atoms with Crippen LogP contribution in [-0.4, -0.2) is 18.2 Å². The highest BCUT2D eigenvalue weighted by Gasteiger charge is 2.13. The molecule has 0 saturated carbocycles. The van der Waals surface area contributed by atoms with Crippen LogP contribution in [0.3, 0.4) is 0 Å². The highest BCUT2D eigenvalue weighted by atomic mass is 16.7. The van der Waals surface area contributed by atoms with Crippen LogP contribution in [0.15, 0.2) is 12.7 Å². The number of carbonyl (C=O) groups excluding carboxylic acids is 2. The lowest BCUT2D eigenvalue weighted by Crippen LogP contribution is -2.22. The van der Waals surface area contributed by atoms with Gasteiger partial charge in [-0.3, -0.25) is 9.59 Å². The maximum atomic E-state index is 10.6. The quantitative estimate of drug-likeness (QED) is 0.370. The Kier molecular flexibility index (Phi) is 5.59. The molecule has 0 amide bonds. The zero-order valence-electron chi connectivity index (χ0n) is 7.91. The smallest absolute Gasteiger partial charge is 0.305 e. The zero-order chi connectivity index (χ0) is 10.3. The first-order valence-corrected chi connectivity index (χ1v) is 4.01. The van der Waals surface area contributed by atoms with Gasteiger partial charge in [0.15, 0.2) is 0 Å². The lowest BCUT2D eigenvalue weighted by molar-refractivity contribution is -0.185. The molecule has 4 nitrogen and oxygen atoms in total. The van der Waals surface area contributed by atoms with E-state index in [1.807, 2.05) is 0 Å². The van der Waals surface area contributed by atoms with Crippen molar-refractivity contribution in [2.24, 2.45) is 0 Å². The molecule has 0 bridgehead atoms. The van der Waals surface area contributed by atoms with E-state index in [-0.39, 0.29) is 0 Å². The topological polar surface area (TPSA) is 52.6 Å². The third-order valence-corrected chi connectivity index (χ3v) is 1.20. The number of hydrogen-bond acceptors (Lipinski definition) is 4. The van der Waals surface area contributed by atoms with Crippen LogP contribution >= 0.6 is 0 Å². The van der Waals surface area contributed by atoms with Gasteiger partial charge in [0, 0.05) is 20.3 Å². The fourth-order valence-corrected chi connectivity index (χ4v) is 0.766. The van der Waals surface area contributed by atoms with Crippen molar-refractivity contribution in [2.45, 2.75) is 33.0 Å². The maximum Gasteiger partial charge on any atom is 0.305 e. The summed E-state index contributed by atoms with van der Waals surface area (Å²) >= 11 is 0. The molecule has 0 aliphatic heterocycles. The Balaban J connectivity index is 3.93. The number of rotatable bonds is 5. The van der Waals surface area contributed by atoms with E-state index in [0.717, 1.165) is 0 Å². The molecule has 74 valence electrons. The standard InChI is InChI=1S/C9H14O4/c1-4-5-6-9(12-7(2)10)13-8(3)11/h4,9H,1,5-6H2,2-3H3. The first kappa shape index (κ1) is 11.7. The summed E-state index contributed by atoms with van der Waals surface area (Å²) in [6, 6.07) is 0. The molecule has 0 heterocycles. The van der Waals surface area contributed by atoms with Crippen LogP contribution in [0.25, 0.3) is 0 Å². The van der Waals surface area contributed by atoms with Gasteiger partial charge in [-0.25, -0.2) is 0 Å². The van der Waals surface area contributed by atoms with Crippen LogP contribution in [0.5, 0.6) is 0 Å². The van der Waals surface area contributed by atoms with Crippen molar-refractivity contribution in [3.63, 3.8) is 0 Å². The molecule has 0 N–H and O–H groups in total. The predicted molar refractivity (Wildman–Crippen MR) is 46.8 cm³/mol. The molecule has 0 aliphatic rings. The van der Waals surface area contributed by atoms with Crippen LogP contribution in [0.1, 0.15) is 26.7 Å². The molecule has 0 fully saturated rings. The van der Waals surface area contributed by atoms with E-state index in [1.54, 1.807) is 6.08 Å². The van der Waals surface area contributed by atoms with Gasteiger partial charge in [0.05, 0.1) is 0 Å². The number of allylic oxidation sites excluding steroid dienone is 1. The molecule has 0 rings (SSSR count). The molecule has 0 spiro atoms. The lowest BCUT2D eigenvalue weighted by atomic mass is 10.3. The molecule has 0 aromatic rings. The van der Waals surface area contributed by atoms with Gasteiger partial charge >= 0.3 is 11.9 Å². The minimum atomic E-state index is -0.784. The molecule has 0 aromatic carbocycles. The molecule has 0 radical (unpaired) electrons. The van der Waals surface area contributed by atoms with E-state index in [4.69, 9.17) is 9.47 Å². The third-order valence-electron chi connectivity index (χ3n) is 1.20. The average Bonchev–Trinajstić information content (AvgIpc) is 1.98. The van der Waals surface area contributed by atoms with Gasteiger partial charge in [-0.15, -0.1) is 6.58 Å². The third kappa shape index (κ3) is 7.05. The Morgan fingerprint density at radius 3 is 2.08 bits per heavy atom. The molecule has 0 aliphatic carbocycles. The Labute approximate surface area is 77.5 Å². The van der Waals surface area contributed by atoms with Gasteiger partial charge in [0.25, 0.3) is 0 Å². The van der Waals surface area contributed by atoms with Crippen LogP contribution < -0.4 is 0 Å². The van der Waals surface area contributed by atoms with Gasteiger partial charge in [-0.05, 0) is 6.42 Å². The van der Waals surface area contributed by atoms with E-state index in [9.17, 15) is 9.59 Å². The average molecular weight is 186 g/mol. The van der Waals surface area contributed by atoms with Crippen molar-refractivity contribution in [1.29, 1.82) is 0 Å². The molecular weight excluding hydrogens is 172 g/mol. The summed E-state index contributed by atoms with van der Waals surface area (Å²) in [6.45, 7) is 6.05. The van der Waals surface area contributed by atoms with E-state index >= 15 is 0 Å². The Hall–Kier alpha value is -1.32. The van der Waals surface area contributed by atoms with Crippen LogP contribution in [0.4, 0.5) is 0 Å². The second-order valence-electron chi connectivity index (χ2n) is 2.51. The Morgan fingerprint density at radius 2 is 1.77 bits per heavy atom. The molecule has 0 aromatic heterocycles. The number of carbonyl (C=O) groups is 2. The molecule has 4 heteroatoms. The summed E-state index contributed by atoms with van der Waals surface area (Å²) in [5.41, 5.74) is 0. The SMILES string of the molecule is C=CCCC(OC(C)=O)OC(C)=O. The minimum Gasteiger partial charge on any atom is -0.425 e.